The molecule has 17 heavy (non-hydrogen) atoms. The van der Waals surface area contributed by atoms with Crippen molar-refractivity contribution in [3.8, 4) is 0 Å². The standard InChI is InChI=1S/C13H19ClN2S/c14-7-11-9-17-13(15-11)2-1-5-16-8-10-3-4-12(16)6-10/h9-10,12H,1-8H2. The van der Waals surface area contributed by atoms with Crippen LogP contribution in [0.2, 0.25) is 0 Å². The lowest BCUT2D eigenvalue weighted by Crippen LogP contribution is -2.33. The van der Waals surface area contributed by atoms with Crippen LogP contribution in [0.25, 0.3) is 0 Å². The van der Waals surface area contributed by atoms with Gasteiger partial charge in [0.15, 0.2) is 0 Å². The molecule has 94 valence electrons. The van der Waals surface area contributed by atoms with Crippen LogP contribution in [-0.4, -0.2) is 29.0 Å². The average molecular weight is 271 g/mol. The predicted octanol–water partition coefficient (Wildman–Crippen LogP) is 3.30. The molecule has 2 atom stereocenters. The maximum atomic E-state index is 5.76. The summed E-state index contributed by atoms with van der Waals surface area (Å²) in [6, 6.07) is 0.912. The molecule has 1 aliphatic carbocycles. The van der Waals surface area contributed by atoms with Crippen molar-refractivity contribution in [2.24, 2.45) is 5.92 Å². The first-order valence-electron chi connectivity index (χ1n) is 6.58. The smallest absolute Gasteiger partial charge is 0.0929 e. The lowest BCUT2D eigenvalue weighted by atomic mass is 10.1. The van der Waals surface area contributed by atoms with E-state index < -0.39 is 0 Å². The van der Waals surface area contributed by atoms with E-state index in [1.54, 1.807) is 11.3 Å². The third-order valence-corrected chi connectivity index (χ3v) is 5.33. The molecule has 2 unspecified atom stereocenters. The van der Waals surface area contributed by atoms with Crippen LogP contribution in [0.3, 0.4) is 0 Å². The average Bonchev–Trinajstić information content (AvgIpc) is 3.04. The van der Waals surface area contributed by atoms with Gasteiger partial charge in [0, 0.05) is 24.4 Å². The second kappa shape index (κ2) is 5.25. The summed E-state index contributed by atoms with van der Waals surface area (Å²) in [6.07, 6.45) is 6.76. The van der Waals surface area contributed by atoms with E-state index in [1.165, 1.54) is 43.8 Å². The van der Waals surface area contributed by atoms with Gasteiger partial charge in [-0.3, -0.25) is 0 Å². The molecule has 0 N–H and O–H groups in total. The summed E-state index contributed by atoms with van der Waals surface area (Å²) in [5.74, 6) is 1.56. The third kappa shape index (κ3) is 2.67. The Morgan fingerprint density at radius 2 is 2.41 bits per heavy atom. The molecule has 0 amide bonds. The van der Waals surface area contributed by atoms with Crippen LogP contribution < -0.4 is 0 Å². The second-order valence-corrected chi connectivity index (χ2v) is 6.51. The fourth-order valence-electron chi connectivity index (χ4n) is 3.26. The van der Waals surface area contributed by atoms with Gasteiger partial charge in [-0.1, -0.05) is 0 Å². The van der Waals surface area contributed by atoms with Gasteiger partial charge >= 0.3 is 0 Å². The van der Waals surface area contributed by atoms with Crippen LogP contribution >= 0.6 is 22.9 Å². The van der Waals surface area contributed by atoms with E-state index in [0.717, 1.165) is 24.1 Å². The van der Waals surface area contributed by atoms with E-state index in [4.69, 9.17) is 11.6 Å². The molecule has 2 bridgehead atoms. The molecule has 2 fully saturated rings. The van der Waals surface area contributed by atoms with Gasteiger partial charge < -0.3 is 4.90 Å². The number of nitrogens with zero attached hydrogens (tertiary/aromatic N) is 2. The molecule has 1 aromatic rings. The van der Waals surface area contributed by atoms with Gasteiger partial charge in [-0.05, 0) is 38.1 Å². The summed E-state index contributed by atoms with van der Waals surface area (Å²) in [6.45, 7) is 2.62. The monoisotopic (exact) mass is 270 g/mol. The molecular formula is C13H19ClN2S. The van der Waals surface area contributed by atoms with Gasteiger partial charge in [0.25, 0.3) is 0 Å². The minimum atomic E-state index is 0.548. The molecular weight excluding hydrogens is 252 g/mol. The van der Waals surface area contributed by atoms with Crippen molar-refractivity contribution in [1.29, 1.82) is 0 Å². The molecule has 1 saturated heterocycles. The van der Waals surface area contributed by atoms with Crippen molar-refractivity contribution in [1.82, 2.24) is 9.88 Å². The normalized spacial score (nSPS) is 28.1. The number of aromatic nitrogens is 1. The minimum Gasteiger partial charge on any atom is -0.300 e. The zero-order valence-corrected chi connectivity index (χ0v) is 11.6. The molecule has 1 saturated carbocycles. The highest BCUT2D eigenvalue weighted by Crippen LogP contribution is 2.37. The molecule has 0 aromatic carbocycles. The number of likely N-dealkylation sites (tertiary alicyclic amines) is 1. The van der Waals surface area contributed by atoms with Crippen LogP contribution in [0.1, 0.15) is 36.4 Å². The summed E-state index contributed by atoms with van der Waals surface area (Å²) in [5, 5.41) is 3.34. The third-order valence-electron chi connectivity index (χ3n) is 4.09. The summed E-state index contributed by atoms with van der Waals surface area (Å²) in [7, 11) is 0. The highest BCUT2D eigenvalue weighted by Gasteiger charge is 2.36. The Hall–Kier alpha value is -0.120. The maximum absolute atomic E-state index is 5.76. The highest BCUT2D eigenvalue weighted by molar-refractivity contribution is 7.09. The number of thiazole rings is 1. The second-order valence-electron chi connectivity index (χ2n) is 5.30. The van der Waals surface area contributed by atoms with Gasteiger partial charge in [0.05, 0.1) is 16.6 Å². The number of fused-ring (bicyclic) bond motifs is 2. The molecule has 1 aliphatic heterocycles. The number of halogens is 1. The number of hydrogen-bond acceptors (Lipinski definition) is 3. The topological polar surface area (TPSA) is 16.1 Å². The molecule has 2 nitrogen and oxygen atoms in total. The van der Waals surface area contributed by atoms with Crippen molar-refractivity contribution < 1.29 is 0 Å². The van der Waals surface area contributed by atoms with E-state index in [-0.39, 0.29) is 0 Å². The molecule has 1 aromatic heterocycles. The summed E-state index contributed by atoms with van der Waals surface area (Å²) >= 11 is 7.51. The zero-order chi connectivity index (χ0) is 11.7. The van der Waals surface area contributed by atoms with E-state index in [2.05, 4.69) is 15.3 Å². The fourth-order valence-corrected chi connectivity index (χ4v) is 4.33. The Balaban J connectivity index is 1.43. The van der Waals surface area contributed by atoms with Crippen molar-refractivity contribution in [3.63, 3.8) is 0 Å². The Morgan fingerprint density at radius 1 is 1.47 bits per heavy atom. The van der Waals surface area contributed by atoms with Gasteiger partial charge in [-0.2, -0.15) is 0 Å². The van der Waals surface area contributed by atoms with Crippen LogP contribution in [0.5, 0.6) is 0 Å². The molecule has 2 aliphatic rings. The molecule has 4 heteroatoms. The van der Waals surface area contributed by atoms with E-state index in [0.29, 0.717) is 5.88 Å². The first kappa shape index (κ1) is 11.9. The van der Waals surface area contributed by atoms with Crippen molar-refractivity contribution in [3.05, 3.63) is 16.1 Å². The Labute approximate surface area is 112 Å². The number of hydrogen-bond donors (Lipinski definition) is 0. The van der Waals surface area contributed by atoms with Crippen molar-refractivity contribution in [2.75, 3.05) is 13.1 Å². The highest BCUT2D eigenvalue weighted by atomic mass is 35.5. The zero-order valence-electron chi connectivity index (χ0n) is 10.1. The Kier molecular flexibility index (Phi) is 3.69. The van der Waals surface area contributed by atoms with Gasteiger partial charge in [-0.25, -0.2) is 4.98 Å². The van der Waals surface area contributed by atoms with E-state index in [1.807, 2.05) is 0 Å². The Bertz CT molecular complexity index is 379. The largest absolute Gasteiger partial charge is 0.300 e. The number of rotatable bonds is 5. The van der Waals surface area contributed by atoms with E-state index >= 15 is 0 Å². The fraction of sp³-hybridized carbons (Fsp3) is 0.769. The van der Waals surface area contributed by atoms with Crippen molar-refractivity contribution in [2.45, 2.75) is 44.0 Å². The van der Waals surface area contributed by atoms with Crippen LogP contribution in [0.4, 0.5) is 0 Å². The summed E-state index contributed by atoms with van der Waals surface area (Å²) < 4.78 is 0. The van der Waals surface area contributed by atoms with Gasteiger partial charge in [0.2, 0.25) is 0 Å². The molecule has 3 rings (SSSR count). The van der Waals surface area contributed by atoms with Gasteiger partial charge in [-0.15, -0.1) is 22.9 Å². The van der Waals surface area contributed by atoms with E-state index in [9.17, 15) is 0 Å². The SMILES string of the molecule is ClCc1csc(CCCN2CC3CCC2C3)n1. The Morgan fingerprint density at radius 3 is 3.06 bits per heavy atom. The van der Waals surface area contributed by atoms with Crippen LogP contribution in [-0.2, 0) is 12.3 Å². The number of alkyl halides is 1. The first-order chi connectivity index (χ1) is 8.35. The quantitative estimate of drug-likeness (QED) is 0.764. The molecule has 2 heterocycles. The first-order valence-corrected chi connectivity index (χ1v) is 8.00. The summed E-state index contributed by atoms with van der Waals surface area (Å²) in [5.41, 5.74) is 1.03. The maximum Gasteiger partial charge on any atom is 0.0929 e. The number of piperidine rings is 1. The minimum absolute atomic E-state index is 0.548. The van der Waals surface area contributed by atoms with Crippen LogP contribution in [0.15, 0.2) is 5.38 Å². The molecule has 0 spiro atoms. The summed E-state index contributed by atoms with van der Waals surface area (Å²) in [4.78, 5) is 7.21. The lowest BCUT2D eigenvalue weighted by molar-refractivity contribution is 0.211. The van der Waals surface area contributed by atoms with Crippen LogP contribution in [0, 0.1) is 5.92 Å². The lowest BCUT2D eigenvalue weighted by Gasteiger charge is -2.26. The molecule has 0 radical (unpaired) electrons. The van der Waals surface area contributed by atoms with Gasteiger partial charge in [0.1, 0.15) is 0 Å². The predicted molar refractivity (Wildman–Crippen MR) is 72.7 cm³/mol. The number of aryl methyl sites for hydroxylation is 1. The van der Waals surface area contributed by atoms with Crippen molar-refractivity contribution >= 4 is 22.9 Å².